The van der Waals surface area contributed by atoms with Crippen LogP contribution >= 0.6 is 12.4 Å². The largest absolute Gasteiger partial charge is 0.448 e. The monoisotopic (exact) mass is 365 g/mol. The number of nitrogens with zero attached hydrogens (tertiary/aromatic N) is 1. The molecule has 1 atom stereocenters. The molecule has 23 heavy (non-hydrogen) atoms. The Labute approximate surface area is 143 Å². The number of rotatable bonds is 6. The van der Waals surface area contributed by atoms with Gasteiger partial charge in [0.05, 0.1) is 5.56 Å². The van der Waals surface area contributed by atoms with Crippen LogP contribution in [0, 0.1) is 6.92 Å². The zero-order valence-corrected chi connectivity index (χ0v) is 15.2. The second-order valence-electron chi connectivity index (χ2n) is 5.39. The first-order valence-corrected chi connectivity index (χ1v) is 8.94. The van der Waals surface area contributed by atoms with E-state index < -0.39 is 10.0 Å². The van der Waals surface area contributed by atoms with Crippen molar-refractivity contribution in [3.63, 3.8) is 0 Å². The van der Waals surface area contributed by atoms with Gasteiger partial charge in [-0.15, -0.1) is 12.4 Å². The lowest BCUT2D eigenvalue weighted by Crippen LogP contribution is -2.42. The Hall–Kier alpha value is -1.09. The molecule has 1 aromatic rings. The fourth-order valence-electron chi connectivity index (χ4n) is 2.65. The molecule has 1 unspecified atom stereocenters. The molecular formula is C14H24ClN3O4S. The third kappa shape index (κ3) is 4.26. The van der Waals surface area contributed by atoms with E-state index in [2.05, 4.69) is 10.0 Å². The predicted octanol–water partition coefficient (Wildman–Crippen LogP) is 1.13. The van der Waals surface area contributed by atoms with Crippen LogP contribution in [0.5, 0.6) is 0 Å². The van der Waals surface area contributed by atoms with E-state index in [1.165, 1.54) is 13.1 Å². The third-order valence-corrected chi connectivity index (χ3v) is 5.13. The summed E-state index contributed by atoms with van der Waals surface area (Å²) in [4.78, 5) is 14.6. The van der Waals surface area contributed by atoms with Crippen LogP contribution in [0.15, 0.2) is 15.6 Å². The van der Waals surface area contributed by atoms with Gasteiger partial charge in [-0.05, 0) is 33.4 Å². The number of halogens is 1. The number of carbonyl (C=O) groups is 1. The van der Waals surface area contributed by atoms with E-state index in [0.29, 0.717) is 17.9 Å². The molecule has 2 rings (SSSR count). The lowest BCUT2D eigenvalue weighted by molar-refractivity contribution is 0.0690. The van der Waals surface area contributed by atoms with Crippen LogP contribution in [0.4, 0.5) is 0 Å². The number of nitrogens with one attached hydrogen (secondary N) is 2. The van der Waals surface area contributed by atoms with Gasteiger partial charge in [-0.2, -0.15) is 0 Å². The topological polar surface area (TPSA) is 91.7 Å². The average molecular weight is 366 g/mol. The summed E-state index contributed by atoms with van der Waals surface area (Å²) in [5, 5.41) is 3.02. The molecule has 1 amide bonds. The predicted molar refractivity (Wildman–Crippen MR) is 89.5 cm³/mol. The lowest BCUT2D eigenvalue weighted by Gasteiger charge is -2.28. The summed E-state index contributed by atoms with van der Waals surface area (Å²) in [6.07, 6.45) is 1.76. The van der Waals surface area contributed by atoms with E-state index in [9.17, 15) is 13.2 Å². The van der Waals surface area contributed by atoms with Crippen molar-refractivity contribution >= 4 is 28.3 Å². The van der Waals surface area contributed by atoms with Crippen molar-refractivity contribution in [2.75, 3.05) is 26.7 Å². The fourth-order valence-corrected chi connectivity index (χ4v) is 3.36. The summed E-state index contributed by atoms with van der Waals surface area (Å²) in [6.45, 7) is 5.93. The Morgan fingerprint density at radius 1 is 1.52 bits per heavy atom. The molecule has 132 valence electrons. The van der Waals surface area contributed by atoms with E-state index in [0.717, 1.165) is 25.9 Å². The van der Waals surface area contributed by atoms with Crippen LogP contribution in [0.1, 0.15) is 35.9 Å². The second kappa shape index (κ2) is 8.14. The first-order chi connectivity index (χ1) is 10.4. The van der Waals surface area contributed by atoms with E-state index in [4.69, 9.17) is 4.42 Å². The van der Waals surface area contributed by atoms with Gasteiger partial charge in [0.1, 0.15) is 5.76 Å². The van der Waals surface area contributed by atoms with Gasteiger partial charge in [0.2, 0.25) is 5.09 Å². The van der Waals surface area contributed by atoms with Gasteiger partial charge < -0.3 is 14.6 Å². The van der Waals surface area contributed by atoms with Crippen molar-refractivity contribution in [2.24, 2.45) is 0 Å². The standard InChI is InChI=1S/C14H23N3O4S.ClH/c1-4-7-17(11-5-6-16-9-11)14(18)12-8-13(21-10(12)2)22(19,20)15-3;/h8,11,15-16H,4-7,9H2,1-3H3;1H. The second-order valence-corrected chi connectivity index (χ2v) is 7.21. The van der Waals surface area contributed by atoms with Crippen molar-refractivity contribution in [3.05, 3.63) is 17.4 Å². The highest BCUT2D eigenvalue weighted by Crippen LogP contribution is 2.22. The van der Waals surface area contributed by atoms with Gasteiger partial charge in [0.25, 0.3) is 15.9 Å². The van der Waals surface area contributed by atoms with Crippen molar-refractivity contribution < 1.29 is 17.6 Å². The van der Waals surface area contributed by atoms with Gasteiger partial charge in [-0.25, -0.2) is 13.1 Å². The van der Waals surface area contributed by atoms with Crippen LogP contribution in [0.2, 0.25) is 0 Å². The number of sulfonamides is 1. The quantitative estimate of drug-likeness (QED) is 0.788. The summed E-state index contributed by atoms with van der Waals surface area (Å²) >= 11 is 0. The zero-order chi connectivity index (χ0) is 16.3. The number of furan rings is 1. The minimum Gasteiger partial charge on any atom is -0.448 e. The van der Waals surface area contributed by atoms with Crippen molar-refractivity contribution in [1.29, 1.82) is 0 Å². The van der Waals surface area contributed by atoms with Crippen LogP contribution in [-0.2, 0) is 10.0 Å². The molecule has 7 nitrogen and oxygen atoms in total. The van der Waals surface area contributed by atoms with Gasteiger partial charge >= 0.3 is 0 Å². The number of hydrogen-bond donors (Lipinski definition) is 2. The van der Waals surface area contributed by atoms with Gasteiger partial charge in [-0.1, -0.05) is 6.92 Å². The molecular weight excluding hydrogens is 342 g/mol. The number of amides is 1. The first kappa shape index (κ1) is 20.0. The molecule has 2 N–H and O–H groups in total. The van der Waals surface area contributed by atoms with E-state index in [1.807, 2.05) is 11.8 Å². The van der Waals surface area contributed by atoms with E-state index in [1.54, 1.807) is 6.92 Å². The molecule has 0 saturated carbocycles. The lowest BCUT2D eigenvalue weighted by atomic mass is 10.1. The molecule has 1 fully saturated rings. The van der Waals surface area contributed by atoms with Gasteiger partial charge in [0.15, 0.2) is 0 Å². The maximum atomic E-state index is 12.8. The third-order valence-electron chi connectivity index (χ3n) is 3.86. The highest BCUT2D eigenvalue weighted by atomic mass is 35.5. The van der Waals surface area contributed by atoms with Gasteiger partial charge in [0, 0.05) is 25.2 Å². The summed E-state index contributed by atoms with van der Waals surface area (Å²) in [6, 6.07) is 1.46. The summed E-state index contributed by atoms with van der Waals surface area (Å²) in [7, 11) is -2.38. The smallest absolute Gasteiger partial charge is 0.273 e. The Kier molecular flexibility index (Phi) is 7.06. The highest BCUT2D eigenvalue weighted by Gasteiger charge is 2.30. The van der Waals surface area contributed by atoms with Crippen LogP contribution in [0.3, 0.4) is 0 Å². The average Bonchev–Trinajstić information content (AvgIpc) is 3.13. The summed E-state index contributed by atoms with van der Waals surface area (Å²) in [5.41, 5.74) is 0.314. The summed E-state index contributed by atoms with van der Waals surface area (Å²) < 4.78 is 31.1. The maximum absolute atomic E-state index is 12.8. The normalized spacial score (nSPS) is 17.8. The van der Waals surface area contributed by atoms with Crippen LogP contribution < -0.4 is 10.0 Å². The van der Waals surface area contributed by atoms with E-state index >= 15 is 0 Å². The molecule has 0 aliphatic carbocycles. The molecule has 0 radical (unpaired) electrons. The molecule has 1 aliphatic rings. The number of aryl methyl sites for hydroxylation is 1. The molecule has 0 bridgehead atoms. The molecule has 2 heterocycles. The SMILES string of the molecule is CCCN(C(=O)c1cc(S(=O)(=O)NC)oc1C)C1CCNC1.Cl. The van der Waals surface area contributed by atoms with Crippen molar-refractivity contribution in [3.8, 4) is 0 Å². The Balaban J connectivity index is 0.00000264. The molecule has 1 aliphatic heterocycles. The maximum Gasteiger partial charge on any atom is 0.273 e. The van der Waals surface area contributed by atoms with E-state index in [-0.39, 0.29) is 29.4 Å². The Morgan fingerprint density at radius 3 is 2.74 bits per heavy atom. The first-order valence-electron chi connectivity index (χ1n) is 7.46. The van der Waals surface area contributed by atoms with Gasteiger partial charge in [-0.3, -0.25) is 4.79 Å². The Bertz CT molecular complexity index is 638. The van der Waals surface area contributed by atoms with Crippen molar-refractivity contribution in [1.82, 2.24) is 14.9 Å². The number of carbonyl (C=O) groups excluding carboxylic acids is 1. The Morgan fingerprint density at radius 2 is 2.22 bits per heavy atom. The minimum atomic E-state index is -3.69. The minimum absolute atomic E-state index is 0. The summed E-state index contributed by atoms with van der Waals surface area (Å²) in [5.74, 6) is 0.153. The van der Waals surface area contributed by atoms with Crippen LogP contribution in [-0.4, -0.2) is 51.9 Å². The molecule has 9 heteroatoms. The highest BCUT2D eigenvalue weighted by molar-refractivity contribution is 7.89. The molecule has 0 aromatic carbocycles. The molecule has 1 aromatic heterocycles. The fraction of sp³-hybridized carbons (Fsp3) is 0.643. The number of hydrogen-bond acceptors (Lipinski definition) is 5. The molecule has 0 spiro atoms. The van der Waals surface area contributed by atoms with Crippen LogP contribution in [0.25, 0.3) is 0 Å². The zero-order valence-electron chi connectivity index (χ0n) is 13.6. The van der Waals surface area contributed by atoms with Crippen molar-refractivity contribution in [2.45, 2.75) is 37.8 Å². The molecule has 1 saturated heterocycles.